The van der Waals surface area contributed by atoms with Gasteiger partial charge < -0.3 is 4.74 Å². The SMILES string of the molecule is CCC(=O)Oc1ccc2ccccc2c1.c1ccc(C(c2ccccc2)c2ccccc2)cc1. The molecule has 0 aliphatic heterocycles. The number of esters is 1. The van der Waals surface area contributed by atoms with Crippen LogP contribution in [0.1, 0.15) is 36.0 Å². The Kier molecular flexibility index (Phi) is 7.86. The number of benzene rings is 5. The molecular weight excluding hydrogens is 416 g/mol. The zero-order valence-corrected chi connectivity index (χ0v) is 19.3. The molecule has 0 atom stereocenters. The second-order valence-electron chi connectivity index (χ2n) is 8.00. The van der Waals surface area contributed by atoms with Crippen LogP contribution in [0.3, 0.4) is 0 Å². The number of carbonyl (C=O) groups excluding carboxylic acids is 1. The predicted molar refractivity (Wildman–Crippen MR) is 140 cm³/mol. The number of carbonyl (C=O) groups is 1. The molecule has 5 rings (SSSR count). The molecule has 0 heterocycles. The minimum Gasteiger partial charge on any atom is -0.427 e. The number of rotatable bonds is 5. The molecule has 0 aliphatic rings. The first-order valence-corrected chi connectivity index (χ1v) is 11.6. The third kappa shape index (κ3) is 5.99. The van der Waals surface area contributed by atoms with E-state index in [4.69, 9.17) is 4.74 Å². The highest BCUT2D eigenvalue weighted by molar-refractivity contribution is 5.84. The van der Waals surface area contributed by atoms with Crippen molar-refractivity contribution in [3.05, 3.63) is 150 Å². The molecule has 0 unspecified atom stereocenters. The Morgan fingerprint density at radius 3 is 1.50 bits per heavy atom. The van der Waals surface area contributed by atoms with Crippen LogP contribution in [-0.4, -0.2) is 5.97 Å². The summed E-state index contributed by atoms with van der Waals surface area (Å²) in [5.74, 6) is 0.717. The summed E-state index contributed by atoms with van der Waals surface area (Å²) in [6.07, 6.45) is 0.396. The van der Waals surface area contributed by atoms with Gasteiger partial charge >= 0.3 is 5.97 Å². The van der Waals surface area contributed by atoms with E-state index in [1.165, 1.54) is 16.7 Å². The van der Waals surface area contributed by atoms with Crippen molar-refractivity contribution < 1.29 is 9.53 Å². The molecule has 0 spiro atoms. The number of fused-ring (bicyclic) bond motifs is 1. The van der Waals surface area contributed by atoms with Gasteiger partial charge in [0.25, 0.3) is 0 Å². The van der Waals surface area contributed by atoms with Crippen molar-refractivity contribution in [1.82, 2.24) is 0 Å². The van der Waals surface area contributed by atoms with Gasteiger partial charge in [-0.15, -0.1) is 0 Å². The van der Waals surface area contributed by atoms with Crippen LogP contribution in [0, 0.1) is 0 Å². The van der Waals surface area contributed by atoms with Crippen molar-refractivity contribution in [3.63, 3.8) is 0 Å². The molecule has 0 fully saturated rings. The second kappa shape index (κ2) is 11.6. The molecule has 5 aromatic carbocycles. The lowest BCUT2D eigenvalue weighted by atomic mass is 9.85. The number of hydrogen-bond acceptors (Lipinski definition) is 2. The van der Waals surface area contributed by atoms with Gasteiger partial charge in [0, 0.05) is 12.3 Å². The maximum atomic E-state index is 11.1. The van der Waals surface area contributed by atoms with Crippen molar-refractivity contribution in [2.24, 2.45) is 0 Å². The summed E-state index contributed by atoms with van der Waals surface area (Å²) in [6, 6.07) is 45.6. The largest absolute Gasteiger partial charge is 0.427 e. The van der Waals surface area contributed by atoms with Gasteiger partial charge in [0.15, 0.2) is 0 Å². The Labute approximate surface area is 201 Å². The fourth-order valence-corrected chi connectivity index (χ4v) is 3.95. The topological polar surface area (TPSA) is 26.3 Å². The fourth-order valence-electron chi connectivity index (χ4n) is 3.95. The Morgan fingerprint density at radius 2 is 1.03 bits per heavy atom. The number of hydrogen-bond donors (Lipinski definition) is 0. The van der Waals surface area contributed by atoms with Crippen LogP contribution in [0.2, 0.25) is 0 Å². The van der Waals surface area contributed by atoms with Crippen molar-refractivity contribution in [3.8, 4) is 5.75 Å². The molecular formula is C32H28O2. The van der Waals surface area contributed by atoms with E-state index in [9.17, 15) is 4.79 Å². The van der Waals surface area contributed by atoms with Gasteiger partial charge in [-0.3, -0.25) is 4.79 Å². The summed E-state index contributed by atoms with van der Waals surface area (Å²) in [5.41, 5.74) is 4.00. The first-order chi connectivity index (χ1) is 16.7. The van der Waals surface area contributed by atoms with E-state index in [1.54, 1.807) is 6.92 Å². The summed E-state index contributed by atoms with van der Waals surface area (Å²) in [4.78, 5) is 11.1. The summed E-state index contributed by atoms with van der Waals surface area (Å²) >= 11 is 0. The minimum atomic E-state index is -0.203. The van der Waals surface area contributed by atoms with Gasteiger partial charge in [-0.1, -0.05) is 128 Å². The van der Waals surface area contributed by atoms with Crippen LogP contribution in [0.5, 0.6) is 5.75 Å². The van der Waals surface area contributed by atoms with Crippen LogP contribution in [-0.2, 0) is 4.79 Å². The third-order valence-corrected chi connectivity index (χ3v) is 5.64. The minimum absolute atomic E-state index is 0.203. The molecule has 0 N–H and O–H groups in total. The summed E-state index contributed by atoms with van der Waals surface area (Å²) < 4.78 is 5.13. The molecule has 0 amide bonds. The van der Waals surface area contributed by atoms with Crippen molar-refractivity contribution in [2.45, 2.75) is 19.3 Å². The van der Waals surface area contributed by atoms with E-state index in [0.29, 0.717) is 18.1 Å². The van der Waals surface area contributed by atoms with Crippen LogP contribution >= 0.6 is 0 Å². The molecule has 2 heteroatoms. The summed E-state index contributed by atoms with van der Waals surface area (Å²) in [6.45, 7) is 1.78. The molecule has 168 valence electrons. The average molecular weight is 445 g/mol. The summed E-state index contributed by atoms with van der Waals surface area (Å²) in [5, 5.41) is 2.23. The fraction of sp³-hybridized carbons (Fsp3) is 0.0938. The normalized spacial score (nSPS) is 10.4. The lowest BCUT2D eigenvalue weighted by molar-refractivity contribution is -0.134. The standard InChI is InChI=1S/C19H16.C13H12O2/c1-4-10-16(11-5-1)19(17-12-6-2-7-13-17)18-14-8-3-9-15-18;1-2-13(14)15-12-8-7-10-5-3-4-6-11(10)9-12/h1-15,19H;3-9H,2H2,1H3. The highest BCUT2D eigenvalue weighted by atomic mass is 16.5. The van der Waals surface area contributed by atoms with Gasteiger partial charge in [0.05, 0.1) is 0 Å². The Morgan fingerprint density at radius 1 is 0.588 bits per heavy atom. The molecule has 0 radical (unpaired) electrons. The van der Waals surface area contributed by atoms with Crippen LogP contribution in [0.4, 0.5) is 0 Å². The van der Waals surface area contributed by atoms with E-state index < -0.39 is 0 Å². The van der Waals surface area contributed by atoms with Gasteiger partial charge in [0.2, 0.25) is 0 Å². The van der Waals surface area contributed by atoms with Crippen LogP contribution in [0.15, 0.2) is 133 Å². The predicted octanol–water partition coefficient (Wildman–Crippen LogP) is 8.02. The average Bonchev–Trinajstić information content (AvgIpc) is 2.91. The van der Waals surface area contributed by atoms with Crippen LogP contribution < -0.4 is 4.74 Å². The molecule has 0 saturated heterocycles. The molecule has 0 aliphatic carbocycles. The first kappa shape index (κ1) is 23.0. The van der Waals surface area contributed by atoms with Crippen molar-refractivity contribution >= 4 is 16.7 Å². The van der Waals surface area contributed by atoms with Gasteiger partial charge in [0.1, 0.15) is 5.75 Å². The monoisotopic (exact) mass is 444 g/mol. The van der Waals surface area contributed by atoms with E-state index >= 15 is 0 Å². The molecule has 5 aromatic rings. The van der Waals surface area contributed by atoms with E-state index in [-0.39, 0.29) is 5.97 Å². The maximum absolute atomic E-state index is 11.1. The van der Waals surface area contributed by atoms with Gasteiger partial charge in [-0.05, 0) is 39.6 Å². The molecule has 0 bridgehead atoms. The van der Waals surface area contributed by atoms with Crippen molar-refractivity contribution in [2.75, 3.05) is 0 Å². The van der Waals surface area contributed by atoms with Gasteiger partial charge in [-0.2, -0.15) is 0 Å². The Hall–Kier alpha value is -4.17. The van der Waals surface area contributed by atoms with E-state index in [0.717, 1.165) is 10.8 Å². The third-order valence-electron chi connectivity index (χ3n) is 5.64. The Bertz CT molecular complexity index is 1220. The highest BCUT2D eigenvalue weighted by Crippen LogP contribution is 2.31. The second-order valence-corrected chi connectivity index (χ2v) is 8.00. The zero-order chi connectivity index (χ0) is 23.6. The number of ether oxygens (including phenoxy) is 1. The van der Waals surface area contributed by atoms with Gasteiger partial charge in [-0.25, -0.2) is 0 Å². The molecule has 34 heavy (non-hydrogen) atoms. The highest BCUT2D eigenvalue weighted by Gasteiger charge is 2.15. The first-order valence-electron chi connectivity index (χ1n) is 11.6. The lowest BCUT2D eigenvalue weighted by Crippen LogP contribution is -2.05. The zero-order valence-electron chi connectivity index (χ0n) is 19.3. The maximum Gasteiger partial charge on any atom is 0.310 e. The van der Waals surface area contributed by atoms with E-state index in [2.05, 4.69) is 91.0 Å². The van der Waals surface area contributed by atoms with Crippen LogP contribution in [0.25, 0.3) is 10.8 Å². The smallest absolute Gasteiger partial charge is 0.310 e. The quantitative estimate of drug-likeness (QED) is 0.156. The van der Waals surface area contributed by atoms with E-state index in [1.807, 2.05) is 42.5 Å². The molecule has 0 saturated carbocycles. The Balaban J connectivity index is 0.000000166. The molecule has 2 nitrogen and oxygen atoms in total. The summed E-state index contributed by atoms with van der Waals surface area (Å²) in [7, 11) is 0. The lowest BCUT2D eigenvalue weighted by Gasteiger charge is -2.18. The molecule has 0 aromatic heterocycles. The van der Waals surface area contributed by atoms with Crippen molar-refractivity contribution in [1.29, 1.82) is 0 Å².